The van der Waals surface area contributed by atoms with E-state index < -0.39 is 0 Å². The molecule has 0 amide bonds. The SMILES string of the molecule is COc1ccc([C@@H]2Sc3ccccc3N=C3c4ccccc4C(=O)[C@H]32)cc1. The molecule has 3 aromatic carbocycles. The molecule has 0 radical (unpaired) electrons. The van der Waals surface area contributed by atoms with E-state index in [9.17, 15) is 4.79 Å². The second-order valence-corrected chi connectivity index (χ2v) is 7.85. The highest BCUT2D eigenvalue weighted by molar-refractivity contribution is 7.99. The number of para-hydroxylation sites is 1. The number of thioether (sulfide) groups is 1. The Kier molecular flexibility index (Phi) is 3.87. The number of aliphatic imine (C=N–C) groups is 1. The molecule has 1 heterocycles. The topological polar surface area (TPSA) is 38.7 Å². The number of carbonyl (C=O) groups excluding carboxylic acids is 1. The maximum atomic E-state index is 13.3. The van der Waals surface area contributed by atoms with Crippen LogP contribution < -0.4 is 4.74 Å². The number of hydrogen-bond acceptors (Lipinski definition) is 4. The van der Waals surface area contributed by atoms with Crippen molar-refractivity contribution in [3.05, 3.63) is 89.5 Å². The van der Waals surface area contributed by atoms with Crippen LogP contribution in [0.1, 0.15) is 26.7 Å². The first kappa shape index (κ1) is 16.3. The van der Waals surface area contributed by atoms with Gasteiger partial charge in [-0.2, -0.15) is 0 Å². The molecule has 0 unspecified atom stereocenters. The van der Waals surface area contributed by atoms with Crippen molar-refractivity contribution in [2.45, 2.75) is 10.1 Å². The van der Waals surface area contributed by atoms with Crippen molar-refractivity contribution in [2.75, 3.05) is 7.11 Å². The number of benzene rings is 3. The van der Waals surface area contributed by atoms with Crippen LogP contribution in [0.3, 0.4) is 0 Å². The first-order valence-corrected chi connectivity index (χ1v) is 9.76. The van der Waals surface area contributed by atoms with E-state index in [1.54, 1.807) is 18.9 Å². The van der Waals surface area contributed by atoms with Crippen molar-refractivity contribution in [3.8, 4) is 5.75 Å². The van der Waals surface area contributed by atoms with E-state index in [0.717, 1.165) is 38.7 Å². The Balaban J connectivity index is 1.71. The van der Waals surface area contributed by atoms with Gasteiger partial charge in [0, 0.05) is 16.0 Å². The molecule has 132 valence electrons. The molecular weight excluding hydrogens is 354 g/mol. The molecule has 0 bridgehead atoms. The lowest BCUT2D eigenvalue weighted by Crippen LogP contribution is -2.21. The van der Waals surface area contributed by atoms with Gasteiger partial charge in [0.25, 0.3) is 0 Å². The van der Waals surface area contributed by atoms with Crippen LogP contribution in [-0.4, -0.2) is 18.6 Å². The summed E-state index contributed by atoms with van der Waals surface area (Å²) >= 11 is 1.72. The highest BCUT2D eigenvalue weighted by atomic mass is 32.2. The third-order valence-electron chi connectivity index (χ3n) is 5.15. The normalized spacial score (nSPS) is 20.2. The van der Waals surface area contributed by atoms with Crippen molar-refractivity contribution in [2.24, 2.45) is 10.9 Å². The van der Waals surface area contributed by atoms with E-state index in [0.29, 0.717) is 0 Å². The van der Waals surface area contributed by atoms with Crippen LogP contribution in [0.15, 0.2) is 82.7 Å². The largest absolute Gasteiger partial charge is 0.497 e. The molecule has 2 atom stereocenters. The van der Waals surface area contributed by atoms with Crippen LogP contribution in [0.25, 0.3) is 0 Å². The van der Waals surface area contributed by atoms with Crippen LogP contribution in [0.4, 0.5) is 5.69 Å². The van der Waals surface area contributed by atoms with Gasteiger partial charge < -0.3 is 4.74 Å². The van der Waals surface area contributed by atoms with Gasteiger partial charge in [-0.15, -0.1) is 11.8 Å². The smallest absolute Gasteiger partial charge is 0.174 e. The van der Waals surface area contributed by atoms with E-state index in [1.165, 1.54) is 0 Å². The average molecular weight is 371 g/mol. The van der Waals surface area contributed by atoms with Crippen molar-refractivity contribution < 1.29 is 9.53 Å². The first-order valence-electron chi connectivity index (χ1n) is 8.88. The van der Waals surface area contributed by atoms with Gasteiger partial charge >= 0.3 is 0 Å². The monoisotopic (exact) mass is 371 g/mol. The fraction of sp³-hybridized carbons (Fsp3) is 0.130. The molecule has 2 aliphatic rings. The molecule has 0 fully saturated rings. The summed E-state index contributed by atoms with van der Waals surface area (Å²) in [6, 6.07) is 24.0. The third-order valence-corrected chi connectivity index (χ3v) is 6.55. The molecule has 1 aliphatic heterocycles. The lowest BCUT2D eigenvalue weighted by molar-refractivity contribution is 0.0960. The van der Waals surface area contributed by atoms with Gasteiger partial charge in [-0.05, 0) is 29.8 Å². The Hall–Kier alpha value is -2.85. The summed E-state index contributed by atoms with van der Waals surface area (Å²) in [5.74, 6) is 0.686. The van der Waals surface area contributed by atoms with Crippen LogP contribution >= 0.6 is 11.8 Å². The van der Waals surface area contributed by atoms with Gasteiger partial charge in [-0.25, -0.2) is 0 Å². The predicted molar refractivity (Wildman–Crippen MR) is 108 cm³/mol. The van der Waals surface area contributed by atoms with Crippen LogP contribution in [0, 0.1) is 5.92 Å². The summed E-state index contributed by atoms with van der Waals surface area (Å²) in [6.45, 7) is 0. The lowest BCUT2D eigenvalue weighted by Gasteiger charge is -2.21. The molecule has 27 heavy (non-hydrogen) atoms. The number of nitrogens with zero attached hydrogens (tertiary/aromatic N) is 1. The Morgan fingerprint density at radius 2 is 1.59 bits per heavy atom. The molecule has 0 N–H and O–H groups in total. The zero-order valence-electron chi connectivity index (χ0n) is 14.8. The van der Waals surface area contributed by atoms with Gasteiger partial charge in [0.2, 0.25) is 0 Å². The number of methoxy groups -OCH3 is 1. The number of ketones is 1. The van der Waals surface area contributed by atoms with Crippen molar-refractivity contribution in [1.29, 1.82) is 0 Å². The lowest BCUT2D eigenvalue weighted by atomic mass is 9.93. The fourth-order valence-corrected chi connectivity index (χ4v) is 5.18. The number of hydrogen-bond donors (Lipinski definition) is 0. The summed E-state index contributed by atoms with van der Waals surface area (Å²) in [5.41, 5.74) is 4.66. The second kappa shape index (κ2) is 6.39. The molecular formula is C23H17NO2S. The molecule has 3 nitrogen and oxygen atoms in total. The standard InChI is InChI=1S/C23H17NO2S/c1-26-15-12-10-14(11-13-15)23-20-21(16-6-2-3-7-17(16)22(20)25)24-18-8-4-5-9-19(18)27-23/h2-13,20,23H,1H3/t20-,23-/m0/s1. The minimum absolute atomic E-state index is 0.0294. The Morgan fingerprint density at radius 3 is 2.37 bits per heavy atom. The van der Waals surface area contributed by atoms with Crippen LogP contribution in [-0.2, 0) is 0 Å². The van der Waals surface area contributed by atoms with Gasteiger partial charge in [-0.1, -0.05) is 48.5 Å². The summed E-state index contributed by atoms with van der Waals surface area (Å²) in [4.78, 5) is 19.4. The Bertz CT molecular complexity index is 1070. The molecule has 3 aromatic rings. The van der Waals surface area contributed by atoms with Crippen molar-refractivity contribution in [3.63, 3.8) is 0 Å². The van der Waals surface area contributed by atoms with E-state index in [-0.39, 0.29) is 17.0 Å². The zero-order valence-corrected chi connectivity index (χ0v) is 15.6. The summed E-state index contributed by atoms with van der Waals surface area (Å²) in [5, 5.41) is -0.0294. The molecule has 0 aromatic heterocycles. The molecule has 5 rings (SSSR count). The van der Waals surface area contributed by atoms with E-state index in [4.69, 9.17) is 9.73 Å². The number of fused-ring (bicyclic) bond motifs is 4. The van der Waals surface area contributed by atoms with Crippen molar-refractivity contribution in [1.82, 2.24) is 0 Å². The Morgan fingerprint density at radius 1 is 0.889 bits per heavy atom. The number of ether oxygens (including phenoxy) is 1. The van der Waals surface area contributed by atoms with Gasteiger partial charge in [-0.3, -0.25) is 9.79 Å². The summed E-state index contributed by atoms with van der Waals surface area (Å²) in [6.07, 6.45) is 0. The minimum atomic E-state index is -0.284. The highest BCUT2D eigenvalue weighted by Crippen LogP contribution is 2.51. The minimum Gasteiger partial charge on any atom is -0.497 e. The fourth-order valence-electron chi connectivity index (χ4n) is 3.83. The third kappa shape index (κ3) is 2.60. The second-order valence-electron chi connectivity index (χ2n) is 6.66. The molecule has 4 heteroatoms. The van der Waals surface area contributed by atoms with Gasteiger partial charge in [0.1, 0.15) is 5.75 Å². The Labute approximate surface area is 162 Å². The van der Waals surface area contributed by atoms with Crippen molar-refractivity contribution >= 4 is 28.9 Å². The molecule has 0 spiro atoms. The number of Topliss-reactive ketones (excluding diaryl/α,β-unsaturated/α-hetero) is 1. The summed E-state index contributed by atoms with van der Waals surface area (Å²) in [7, 11) is 1.66. The number of carbonyl (C=O) groups is 1. The van der Waals surface area contributed by atoms with Crippen LogP contribution in [0.5, 0.6) is 5.75 Å². The van der Waals surface area contributed by atoms with Gasteiger partial charge in [0.05, 0.1) is 29.7 Å². The van der Waals surface area contributed by atoms with E-state index in [1.807, 2.05) is 54.6 Å². The van der Waals surface area contributed by atoms with Gasteiger partial charge in [0.15, 0.2) is 5.78 Å². The predicted octanol–water partition coefficient (Wildman–Crippen LogP) is 5.48. The maximum Gasteiger partial charge on any atom is 0.174 e. The average Bonchev–Trinajstić information content (AvgIpc) is 2.88. The number of rotatable bonds is 2. The summed E-state index contributed by atoms with van der Waals surface area (Å²) < 4.78 is 5.30. The van der Waals surface area contributed by atoms with E-state index >= 15 is 0 Å². The van der Waals surface area contributed by atoms with E-state index in [2.05, 4.69) is 18.2 Å². The quantitative estimate of drug-likeness (QED) is 0.599. The molecule has 0 saturated carbocycles. The highest BCUT2D eigenvalue weighted by Gasteiger charge is 2.44. The maximum absolute atomic E-state index is 13.3. The van der Waals surface area contributed by atoms with Crippen LogP contribution in [0.2, 0.25) is 0 Å². The molecule has 0 saturated heterocycles. The first-order chi connectivity index (χ1) is 13.3. The molecule has 1 aliphatic carbocycles. The zero-order chi connectivity index (χ0) is 18.4.